The van der Waals surface area contributed by atoms with Crippen molar-refractivity contribution in [3.63, 3.8) is 0 Å². The molecule has 7 heteroatoms. The Labute approximate surface area is 449 Å². The second-order valence-electron chi connectivity index (χ2n) is 20.9. The maximum Gasteiger partial charge on any atom is 0.203 e. The molecule has 1 aliphatic rings. The van der Waals surface area contributed by atoms with Gasteiger partial charge in [0.1, 0.15) is 4.62 Å². The molecule has 0 radical (unpaired) electrons. The van der Waals surface area contributed by atoms with Crippen LogP contribution in [0.25, 0.3) is 5.57 Å². The topological polar surface area (TPSA) is 55.8 Å². The normalized spacial score (nSPS) is 13.1. The zero-order chi connectivity index (χ0) is 49.8. The summed E-state index contributed by atoms with van der Waals surface area (Å²) in [6.45, 7) is 8.90. The number of aromatic nitrogens is 1. The Balaban J connectivity index is 1.62. The molecule has 400 valence electrons. The van der Waals surface area contributed by atoms with Crippen molar-refractivity contribution in [1.29, 1.82) is 0 Å². The van der Waals surface area contributed by atoms with Gasteiger partial charge < -0.3 is 19.2 Å². The average molecular weight is 1100 g/mol. The van der Waals surface area contributed by atoms with Crippen LogP contribution in [0.2, 0.25) is 0 Å². The van der Waals surface area contributed by atoms with Crippen molar-refractivity contribution in [2.24, 2.45) is 4.99 Å². The predicted octanol–water partition coefficient (Wildman–Crippen LogP) is 22.5. The quantitative estimate of drug-likeness (QED) is 0.0672. The zero-order valence-electron chi connectivity index (χ0n) is 45.7. The second kappa shape index (κ2) is 44.5. The van der Waals surface area contributed by atoms with Gasteiger partial charge in [-0.25, -0.2) is 4.99 Å². The number of benzene rings is 1. The molecule has 0 spiro atoms. The van der Waals surface area contributed by atoms with Gasteiger partial charge in [-0.2, -0.15) is 0 Å². The molecule has 0 fully saturated rings. The maximum atomic E-state index is 6.79. The molecular weight excluding hydrogens is 993 g/mol. The van der Waals surface area contributed by atoms with E-state index in [0.717, 1.165) is 68.3 Å². The number of aliphatic imine (C=N–C) groups is 1. The van der Waals surface area contributed by atoms with E-state index in [0.29, 0.717) is 19.8 Å². The van der Waals surface area contributed by atoms with E-state index in [4.69, 9.17) is 19.2 Å². The summed E-state index contributed by atoms with van der Waals surface area (Å²) < 4.78 is 22.1. The molecule has 1 aromatic heterocycles. The summed E-state index contributed by atoms with van der Waals surface area (Å²) >= 11 is 7.30. The van der Waals surface area contributed by atoms with Crippen molar-refractivity contribution < 1.29 is 14.2 Å². The van der Waals surface area contributed by atoms with E-state index >= 15 is 0 Å². The lowest BCUT2D eigenvalue weighted by Crippen LogP contribution is -2.07. The zero-order valence-corrected chi connectivity index (χ0v) is 48.9. The van der Waals surface area contributed by atoms with E-state index in [-0.39, 0.29) is 0 Å². The average Bonchev–Trinajstić information content (AvgIpc) is 4.00. The number of aromatic amines is 1. The number of rotatable bonds is 50. The smallest absolute Gasteiger partial charge is 0.203 e. The molecule has 0 amide bonds. The second-order valence-corrected chi connectivity index (χ2v) is 22.6. The lowest BCUT2D eigenvalue weighted by molar-refractivity contribution is 0.234. The van der Waals surface area contributed by atoms with Crippen LogP contribution in [0.4, 0.5) is 0 Å². The molecule has 0 bridgehead atoms. The third-order valence-corrected chi connectivity index (χ3v) is 15.3. The van der Waals surface area contributed by atoms with Gasteiger partial charge in [-0.3, -0.25) is 0 Å². The highest BCUT2D eigenvalue weighted by atomic mass is 79.9. The number of hydrogen-bond donors (Lipinski definition) is 1. The van der Waals surface area contributed by atoms with Crippen LogP contribution in [0, 0.1) is 0 Å². The molecule has 1 N–H and O–H groups in total. The fraction of sp³-hybridized carbons (Fsp3) is 0.762. The molecule has 70 heavy (non-hydrogen) atoms. The molecule has 0 aliphatic carbocycles. The number of halogens is 2. The first-order valence-corrected chi connectivity index (χ1v) is 31.7. The van der Waals surface area contributed by atoms with E-state index < -0.39 is 0 Å². The summed E-state index contributed by atoms with van der Waals surface area (Å²) in [6, 6.07) is 8.53. The lowest BCUT2D eigenvalue weighted by Gasteiger charge is -2.20. The van der Waals surface area contributed by atoms with E-state index in [9.17, 15) is 0 Å². The molecule has 0 unspecified atom stereocenters. The molecule has 2 heterocycles. The fourth-order valence-electron chi connectivity index (χ4n) is 9.94. The highest BCUT2D eigenvalue weighted by molar-refractivity contribution is 9.18. The Morgan fingerprint density at radius 3 is 1.00 bits per heavy atom. The maximum absolute atomic E-state index is 6.79. The summed E-state index contributed by atoms with van der Waals surface area (Å²) in [5.41, 5.74) is 3.91. The molecule has 2 aromatic rings. The van der Waals surface area contributed by atoms with Crippen LogP contribution in [0.5, 0.6) is 17.2 Å². The Kier molecular flexibility index (Phi) is 39.6. The molecule has 0 atom stereocenters. The van der Waals surface area contributed by atoms with Gasteiger partial charge in [0.05, 0.1) is 30.1 Å². The Hall–Kier alpha value is -1.99. The molecule has 1 aliphatic heterocycles. The standard InChI is InChI=1S/C63H106Br2N2O3/c1-4-7-10-13-16-19-22-25-28-31-34-37-40-43-50-68-58-53-55(62(56-46-48-60(64)66-56)57-47-49-61(65)67-57)54-59(69-51-44-41-38-35-32-29-26-23-20-17-14-11-8-5-2)63(58)70-52-45-42-39-36-33-30-27-24-21-18-15-12-9-6-3/h46-49,53-54,66H,4-45,50-52H2,1-3H3/b62-57+. The third kappa shape index (κ3) is 30.9. The van der Waals surface area contributed by atoms with Gasteiger partial charge in [-0.15, -0.1) is 0 Å². The summed E-state index contributed by atoms with van der Waals surface area (Å²) in [6.07, 6.45) is 60.5. The summed E-state index contributed by atoms with van der Waals surface area (Å²) in [4.78, 5) is 8.43. The van der Waals surface area contributed by atoms with Crippen molar-refractivity contribution in [2.75, 3.05) is 19.8 Å². The largest absolute Gasteiger partial charge is 0.490 e. The van der Waals surface area contributed by atoms with Crippen LogP contribution in [0.1, 0.15) is 302 Å². The van der Waals surface area contributed by atoms with E-state index in [1.54, 1.807) is 0 Å². The minimum atomic E-state index is 0.665. The minimum absolute atomic E-state index is 0.665. The first kappa shape index (κ1) is 62.3. The number of unbranched alkanes of at least 4 members (excludes halogenated alkanes) is 39. The summed E-state index contributed by atoms with van der Waals surface area (Å²) in [5.74, 6) is 2.32. The molecule has 5 nitrogen and oxygen atoms in total. The molecule has 1 aromatic carbocycles. The molecule has 3 rings (SSSR count). The Morgan fingerprint density at radius 1 is 0.400 bits per heavy atom. The van der Waals surface area contributed by atoms with Crippen molar-refractivity contribution >= 4 is 42.1 Å². The van der Waals surface area contributed by atoms with Crippen LogP contribution in [0.15, 0.2) is 51.7 Å². The van der Waals surface area contributed by atoms with Crippen molar-refractivity contribution in [1.82, 2.24) is 4.98 Å². The van der Waals surface area contributed by atoms with Crippen LogP contribution in [-0.4, -0.2) is 29.4 Å². The Morgan fingerprint density at radius 2 is 0.714 bits per heavy atom. The van der Waals surface area contributed by atoms with Gasteiger partial charge in [-0.05, 0) is 93.1 Å². The lowest BCUT2D eigenvalue weighted by atomic mass is 9.99. The molecule has 0 saturated heterocycles. The van der Waals surface area contributed by atoms with Crippen LogP contribution < -0.4 is 14.2 Å². The minimum Gasteiger partial charge on any atom is -0.490 e. The van der Waals surface area contributed by atoms with Crippen molar-refractivity contribution in [2.45, 2.75) is 290 Å². The summed E-state index contributed by atoms with van der Waals surface area (Å²) in [5, 5.41) is 0. The van der Waals surface area contributed by atoms with Gasteiger partial charge in [0.2, 0.25) is 5.75 Å². The number of H-pyrrole nitrogens is 1. The number of allylic oxidation sites excluding steroid dienone is 2. The van der Waals surface area contributed by atoms with Crippen LogP contribution in [0.3, 0.4) is 0 Å². The number of ether oxygens (including phenoxy) is 3. The van der Waals surface area contributed by atoms with Crippen LogP contribution in [-0.2, 0) is 0 Å². The van der Waals surface area contributed by atoms with Gasteiger partial charge in [0.15, 0.2) is 11.5 Å². The SMILES string of the molecule is CCCCCCCCCCCCCCCCOc1cc(/C(=C2/C=CC(Br)=N2)c2ccc(Br)[nH]2)cc(OCCCCCCCCCCCCCCCC)c1OCCCCCCCCCCCCCCCC. The van der Waals surface area contributed by atoms with Gasteiger partial charge in [0.25, 0.3) is 0 Å². The molecular formula is C63H106Br2N2O3. The number of nitrogens with zero attached hydrogens (tertiary/aromatic N) is 1. The van der Waals surface area contributed by atoms with Crippen LogP contribution >= 0.6 is 31.9 Å². The third-order valence-electron chi connectivity index (χ3n) is 14.3. The highest BCUT2D eigenvalue weighted by Crippen LogP contribution is 2.44. The first-order valence-electron chi connectivity index (χ1n) is 30.2. The van der Waals surface area contributed by atoms with E-state index in [2.05, 4.69) is 88.0 Å². The highest BCUT2D eigenvalue weighted by Gasteiger charge is 2.22. The van der Waals surface area contributed by atoms with Crippen molar-refractivity contribution in [3.8, 4) is 17.2 Å². The summed E-state index contributed by atoms with van der Waals surface area (Å²) in [7, 11) is 0. The fourth-order valence-corrected chi connectivity index (χ4v) is 10.6. The van der Waals surface area contributed by atoms with Crippen molar-refractivity contribution in [3.05, 3.63) is 58.0 Å². The monoisotopic (exact) mass is 1100 g/mol. The van der Waals surface area contributed by atoms with Gasteiger partial charge in [0, 0.05) is 11.3 Å². The van der Waals surface area contributed by atoms with Gasteiger partial charge >= 0.3 is 0 Å². The van der Waals surface area contributed by atoms with E-state index in [1.165, 1.54) is 250 Å². The molecule has 0 saturated carbocycles. The predicted molar refractivity (Wildman–Crippen MR) is 314 cm³/mol. The Bertz CT molecular complexity index is 1580. The first-order chi connectivity index (χ1) is 34.6. The van der Waals surface area contributed by atoms with E-state index in [1.807, 2.05) is 6.08 Å². The number of nitrogens with one attached hydrogen (secondary N) is 1. The van der Waals surface area contributed by atoms with Gasteiger partial charge in [-0.1, -0.05) is 271 Å². The number of hydrogen-bond acceptors (Lipinski definition) is 4.